The zero-order valence-corrected chi connectivity index (χ0v) is 9.96. The van der Waals surface area contributed by atoms with Gasteiger partial charge in [-0.3, -0.25) is 0 Å². The first-order valence-corrected chi connectivity index (χ1v) is 5.96. The Labute approximate surface area is 97.3 Å². The van der Waals surface area contributed by atoms with Crippen molar-refractivity contribution >= 4 is 5.69 Å². The summed E-state index contributed by atoms with van der Waals surface area (Å²) in [6.07, 6.45) is 3.81. The van der Waals surface area contributed by atoms with Crippen LogP contribution in [0.4, 0.5) is 5.69 Å². The van der Waals surface area contributed by atoms with Crippen LogP contribution in [0.3, 0.4) is 0 Å². The molecule has 2 unspecified atom stereocenters. The number of hydrogen-bond acceptors (Lipinski definition) is 2. The number of hydrogen-bond donors (Lipinski definition) is 1. The van der Waals surface area contributed by atoms with Gasteiger partial charge in [0.1, 0.15) is 0 Å². The molecule has 0 heterocycles. The average molecular weight is 214 g/mol. The molecular formula is C14H18N2. The summed E-state index contributed by atoms with van der Waals surface area (Å²) >= 11 is 0. The zero-order chi connectivity index (χ0) is 11.5. The Bertz CT molecular complexity index is 417. The second-order valence-electron chi connectivity index (χ2n) is 4.90. The summed E-state index contributed by atoms with van der Waals surface area (Å²) < 4.78 is 0. The van der Waals surface area contributed by atoms with Gasteiger partial charge in [-0.15, -0.1) is 0 Å². The zero-order valence-electron chi connectivity index (χ0n) is 9.96. The molecule has 1 N–H and O–H groups in total. The van der Waals surface area contributed by atoms with Crippen molar-refractivity contribution in [3.05, 3.63) is 29.3 Å². The van der Waals surface area contributed by atoms with E-state index >= 15 is 0 Å². The van der Waals surface area contributed by atoms with E-state index in [9.17, 15) is 0 Å². The van der Waals surface area contributed by atoms with Crippen molar-refractivity contribution in [2.24, 2.45) is 5.92 Å². The SMILES string of the molecule is Cc1ccc(C#N)cc1NC1CCC(C)C1. The van der Waals surface area contributed by atoms with E-state index in [1.165, 1.54) is 24.8 Å². The van der Waals surface area contributed by atoms with Crippen LogP contribution in [0.2, 0.25) is 0 Å². The van der Waals surface area contributed by atoms with Gasteiger partial charge in [0.2, 0.25) is 0 Å². The molecule has 1 aromatic rings. The standard InChI is InChI=1S/C14H18N2/c1-10-3-6-13(7-10)16-14-8-12(9-15)5-4-11(14)2/h4-5,8,10,13,16H,3,6-7H2,1-2H3. The molecule has 1 aromatic carbocycles. The van der Waals surface area contributed by atoms with Gasteiger partial charge in [0.25, 0.3) is 0 Å². The van der Waals surface area contributed by atoms with Gasteiger partial charge in [-0.05, 0) is 49.8 Å². The second kappa shape index (κ2) is 4.57. The molecule has 0 spiro atoms. The highest BCUT2D eigenvalue weighted by Crippen LogP contribution is 2.28. The Morgan fingerprint density at radius 3 is 2.81 bits per heavy atom. The normalized spacial score (nSPS) is 24.1. The minimum Gasteiger partial charge on any atom is -0.382 e. The third-order valence-electron chi connectivity index (χ3n) is 3.42. The summed E-state index contributed by atoms with van der Waals surface area (Å²) in [6, 6.07) is 8.62. The van der Waals surface area contributed by atoms with E-state index in [0.717, 1.165) is 17.2 Å². The number of nitrogens with one attached hydrogen (secondary N) is 1. The van der Waals surface area contributed by atoms with Gasteiger partial charge < -0.3 is 5.32 Å². The lowest BCUT2D eigenvalue weighted by Gasteiger charge is -2.16. The maximum atomic E-state index is 8.88. The highest BCUT2D eigenvalue weighted by atomic mass is 14.9. The van der Waals surface area contributed by atoms with Gasteiger partial charge in [-0.25, -0.2) is 0 Å². The van der Waals surface area contributed by atoms with Crippen molar-refractivity contribution in [3.63, 3.8) is 0 Å². The van der Waals surface area contributed by atoms with Crippen LogP contribution in [0.5, 0.6) is 0 Å². The maximum Gasteiger partial charge on any atom is 0.0992 e. The van der Waals surface area contributed by atoms with Crippen LogP contribution in [-0.2, 0) is 0 Å². The summed E-state index contributed by atoms with van der Waals surface area (Å²) in [4.78, 5) is 0. The number of aryl methyl sites for hydroxylation is 1. The number of benzene rings is 1. The monoisotopic (exact) mass is 214 g/mol. The highest BCUT2D eigenvalue weighted by molar-refractivity contribution is 5.55. The van der Waals surface area contributed by atoms with Crippen LogP contribution in [-0.4, -0.2) is 6.04 Å². The Morgan fingerprint density at radius 2 is 2.19 bits per heavy atom. The van der Waals surface area contributed by atoms with Gasteiger partial charge in [0.15, 0.2) is 0 Å². The molecule has 84 valence electrons. The van der Waals surface area contributed by atoms with E-state index in [4.69, 9.17) is 5.26 Å². The number of rotatable bonds is 2. The molecule has 2 atom stereocenters. The van der Waals surface area contributed by atoms with Crippen molar-refractivity contribution in [3.8, 4) is 6.07 Å². The lowest BCUT2D eigenvalue weighted by Crippen LogP contribution is -2.16. The van der Waals surface area contributed by atoms with E-state index in [1.54, 1.807) is 0 Å². The van der Waals surface area contributed by atoms with Crippen molar-refractivity contribution in [2.75, 3.05) is 5.32 Å². The summed E-state index contributed by atoms with van der Waals surface area (Å²) in [5.41, 5.74) is 3.08. The fourth-order valence-corrected chi connectivity index (χ4v) is 2.41. The first kappa shape index (κ1) is 11.0. The molecule has 0 saturated heterocycles. The van der Waals surface area contributed by atoms with Gasteiger partial charge >= 0.3 is 0 Å². The van der Waals surface area contributed by atoms with Gasteiger partial charge in [0.05, 0.1) is 11.6 Å². The third-order valence-corrected chi connectivity index (χ3v) is 3.42. The number of nitriles is 1. The lowest BCUT2D eigenvalue weighted by atomic mass is 10.1. The minimum atomic E-state index is 0.586. The fourth-order valence-electron chi connectivity index (χ4n) is 2.41. The molecule has 16 heavy (non-hydrogen) atoms. The van der Waals surface area contributed by atoms with E-state index in [1.807, 2.05) is 18.2 Å². The molecule has 1 aliphatic rings. The molecule has 0 aliphatic heterocycles. The number of anilines is 1. The molecule has 1 aliphatic carbocycles. The molecule has 1 fully saturated rings. The average Bonchev–Trinajstić information content (AvgIpc) is 2.67. The van der Waals surface area contributed by atoms with Gasteiger partial charge in [0, 0.05) is 11.7 Å². The number of nitrogens with zero attached hydrogens (tertiary/aromatic N) is 1. The van der Waals surface area contributed by atoms with Crippen molar-refractivity contribution in [2.45, 2.75) is 39.2 Å². The van der Waals surface area contributed by atoms with Crippen LogP contribution >= 0.6 is 0 Å². The molecule has 0 bridgehead atoms. The smallest absolute Gasteiger partial charge is 0.0992 e. The molecule has 0 radical (unpaired) electrons. The van der Waals surface area contributed by atoms with Crippen molar-refractivity contribution in [1.29, 1.82) is 5.26 Å². The second-order valence-corrected chi connectivity index (χ2v) is 4.90. The predicted octanol–water partition coefficient (Wildman–Crippen LogP) is 3.47. The topological polar surface area (TPSA) is 35.8 Å². The molecule has 0 aromatic heterocycles. The van der Waals surface area contributed by atoms with E-state index in [-0.39, 0.29) is 0 Å². The molecule has 2 rings (SSSR count). The summed E-state index contributed by atoms with van der Waals surface area (Å²) in [7, 11) is 0. The Morgan fingerprint density at radius 1 is 1.38 bits per heavy atom. The Kier molecular flexibility index (Phi) is 3.14. The first-order chi connectivity index (χ1) is 7.69. The fraction of sp³-hybridized carbons (Fsp3) is 0.500. The van der Waals surface area contributed by atoms with Gasteiger partial charge in [-0.2, -0.15) is 5.26 Å². The van der Waals surface area contributed by atoms with Gasteiger partial charge in [-0.1, -0.05) is 13.0 Å². The summed E-state index contributed by atoms with van der Waals surface area (Å²) in [5, 5.41) is 12.4. The quantitative estimate of drug-likeness (QED) is 0.818. The highest BCUT2D eigenvalue weighted by Gasteiger charge is 2.21. The van der Waals surface area contributed by atoms with Crippen LogP contribution in [0.1, 0.15) is 37.3 Å². The molecule has 2 heteroatoms. The summed E-state index contributed by atoms with van der Waals surface area (Å²) in [5.74, 6) is 0.831. The molecular weight excluding hydrogens is 196 g/mol. The lowest BCUT2D eigenvalue weighted by molar-refractivity contribution is 0.602. The van der Waals surface area contributed by atoms with E-state index < -0.39 is 0 Å². The van der Waals surface area contributed by atoms with Crippen molar-refractivity contribution in [1.82, 2.24) is 0 Å². The summed E-state index contributed by atoms with van der Waals surface area (Å²) in [6.45, 7) is 4.39. The largest absolute Gasteiger partial charge is 0.382 e. The minimum absolute atomic E-state index is 0.586. The van der Waals surface area contributed by atoms with Crippen LogP contribution in [0, 0.1) is 24.2 Å². The van der Waals surface area contributed by atoms with E-state index in [2.05, 4.69) is 25.2 Å². The molecule has 1 saturated carbocycles. The maximum absolute atomic E-state index is 8.88. The van der Waals surface area contributed by atoms with Crippen LogP contribution in [0.25, 0.3) is 0 Å². The molecule has 2 nitrogen and oxygen atoms in total. The van der Waals surface area contributed by atoms with Crippen LogP contribution < -0.4 is 5.32 Å². The third kappa shape index (κ3) is 2.36. The Hall–Kier alpha value is -1.49. The molecule has 0 amide bonds. The van der Waals surface area contributed by atoms with Crippen LogP contribution in [0.15, 0.2) is 18.2 Å². The predicted molar refractivity (Wildman–Crippen MR) is 66.3 cm³/mol. The van der Waals surface area contributed by atoms with E-state index in [0.29, 0.717) is 6.04 Å². The first-order valence-electron chi connectivity index (χ1n) is 5.96. The Balaban J connectivity index is 2.12. The van der Waals surface area contributed by atoms with Crippen molar-refractivity contribution < 1.29 is 0 Å².